The Hall–Kier alpha value is -2.15. The van der Waals surface area contributed by atoms with E-state index in [2.05, 4.69) is 21.2 Å². The van der Waals surface area contributed by atoms with Crippen molar-refractivity contribution < 1.29 is 9.31 Å². The fraction of sp³-hybridized carbons (Fsp3) is 0. The Bertz CT molecular complexity index is 649. The van der Waals surface area contributed by atoms with Crippen LogP contribution in [0.1, 0.15) is 0 Å². The molecule has 7 heteroatoms. The number of benzene rings is 2. The predicted molar refractivity (Wildman–Crippen MR) is 74.9 cm³/mol. The average molecular weight is 326 g/mol. The van der Waals surface area contributed by atoms with Gasteiger partial charge in [0.1, 0.15) is 5.82 Å². The number of nitrogen functional groups attached to an aromatic ring is 1. The number of nitrogens with two attached hydrogens (primary N) is 1. The van der Waals surface area contributed by atoms with Crippen LogP contribution in [0.5, 0.6) is 0 Å². The van der Waals surface area contributed by atoms with Gasteiger partial charge in [0.25, 0.3) is 5.69 Å². The van der Waals surface area contributed by atoms with Crippen LogP contribution in [0.15, 0.2) is 40.9 Å². The standard InChI is InChI=1S/C12H9BrFN3O2/c13-11-6-8(1-2-12(11)14)16-9-3-7(15)4-10(5-9)17(18)19/h1-6,16H,15H2. The topological polar surface area (TPSA) is 81.2 Å². The van der Waals surface area contributed by atoms with Gasteiger partial charge in [0.05, 0.1) is 9.40 Å². The second kappa shape index (κ2) is 5.23. The monoisotopic (exact) mass is 325 g/mol. The van der Waals surface area contributed by atoms with Crippen molar-refractivity contribution in [2.75, 3.05) is 11.1 Å². The minimum atomic E-state index is -0.526. The Morgan fingerprint density at radius 2 is 1.95 bits per heavy atom. The highest BCUT2D eigenvalue weighted by atomic mass is 79.9. The third-order valence-corrected chi connectivity index (χ3v) is 2.97. The summed E-state index contributed by atoms with van der Waals surface area (Å²) in [4.78, 5) is 10.2. The average Bonchev–Trinajstić information content (AvgIpc) is 2.33. The smallest absolute Gasteiger partial charge is 0.273 e. The molecule has 0 saturated heterocycles. The molecule has 98 valence electrons. The van der Waals surface area contributed by atoms with Crippen LogP contribution in [0.3, 0.4) is 0 Å². The molecule has 5 nitrogen and oxygen atoms in total. The van der Waals surface area contributed by atoms with Crippen LogP contribution in [-0.4, -0.2) is 4.92 Å². The fourth-order valence-electron chi connectivity index (χ4n) is 1.55. The Morgan fingerprint density at radius 1 is 1.21 bits per heavy atom. The molecular weight excluding hydrogens is 317 g/mol. The summed E-state index contributed by atoms with van der Waals surface area (Å²) in [5, 5.41) is 13.6. The quantitative estimate of drug-likeness (QED) is 0.510. The number of nitrogens with zero attached hydrogens (tertiary/aromatic N) is 1. The van der Waals surface area contributed by atoms with E-state index in [0.717, 1.165) is 0 Å². The van der Waals surface area contributed by atoms with Gasteiger partial charge in [0, 0.05) is 29.2 Å². The first-order valence-corrected chi connectivity index (χ1v) is 6.02. The van der Waals surface area contributed by atoms with Gasteiger partial charge in [-0.1, -0.05) is 0 Å². The maximum absolute atomic E-state index is 13.1. The highest BCUT2D eigenvalue weighted by molar-refractivity contribution is 9.10. The third kappa shape index (κ3) is 3.19. The zero-order valence-corrected chi connectivity index (χ0v) is 11.1. The van der Waals surface area contributed by atoms with Crippen molar-refractivity contribution in [3.8, 4) is 0 Å². The third-order valence-electron chi connectivity index (χ3n) is 2.36. The second-order valence-corrected chi connectivity index (χ2v) is 4.68. The molecule has 0 spiro atoms. The summed E-state index contributed by atoms with van der Waals surface area (Å²) in [5.41, 5.74) is 6.81. The van der Waals surface area contributed by atoms with Crippen LogP contribution in [-0.2, 0) is 0 Å². The van der Waals surface area contributed by atoms with Gasteiger partial charge >= 0.3 is 0 Å². The van der Waals surface area contributed by atoms with Crippen molar-refractivity contribution >= 4 is 38.7 Å². The molecule has 2 aromatic rings. The maximum Gasteiger partial charge on any atom is 0.273 e. The fourth-order valence-corrected chi connectivity index (χ4v) is 1.93. The largest absolute Gasteiger partial charge is 0.398 e. The molecule has 2 aromatic carbocycles. The first kappa shape index (κ1) is 13.3. The number of nitrogens with one attached hydrogen (secondary N) is 1. The van der Waals surface area contributed by atoms with E-state index in [4.69, 9.17) is 5.73 Å². The highest BCUT2D eigenvalue weighted by Gasteiger charge is 2.09. The first-order chi connectivity index (χ1) is 8.95. The van der Waals surface area contributed by atoms with Gasteiger partial charge < -0.3 is 11.1 Å². The van der Waals surface area contributed by atoms with Crippen LogP contribution in [0.4, 0.5) is 27.1 Å². The van der Waals surface area contributed by atoms with Gasteiger partial charge in [-0.15, -0.1) is 0 Å². The van der Waals surface area contributed by atoms with E-state index in [1.165, 1.54) is 30.3 Å². The van der Waals surface area contributed by atoms with Gasteiger partial charge in [-0.25, -0.2) is 4.39 Å². The Morgan fingerprint density at radius 3 is 2.58 bits per heavy atom. The number of anilines is 3. The molecule has 0 aliphatic heterocycles. The molecule has 0 atom stereocenters. The molecule has 0 unspecified atom stereocenters. The molecule has 0 aromatic heterocycles. The minimum Gasteiger partial charge on any atom is -0.398 e. The van der Waals surface area contributed by atoms with E-state index in [0.29, 0.717) is 15.8 Å². The molecule has 0 aliphatic carbocycles. The van der Waals surface area contributed by atoms with Crippen molar-refractivity contribution in [2.45, 2.75) is 0 Å². The maximum atomic E-state index is 13.1. The van der Waals surface area contributed by atoms with E-state index in [1.807, 2.05) is 0 Å². The SMILES string of the molecule is Nc1cc(Nc2ccc(F)c(Br)c2)cc([N+](=O)[O-])c1. The van der Waals surface area contributed by atoms with Crippen LogP contribution >= 0.6 is 15.9 Å². The normalized spacial score (nSPS) is 10.2. The molecule has 0 heterocycles. The minimum absolute atomic E-state index is 0.108. The summed E-state index contributed by atoms with van der Waals surface area (Å²) < 4.78 is 13.4. The predicted octanol–water partition coefficient (Wildman–Crippen LogP) is 3.82. The second-order valence-electron chi connectivity index (χ2n) is 3.82. The molecule has 19 heavy (non-hydrogen) atoms. The van der Waals surface area contributed by atoms with Crippen molar-refractivity contribution in [1.82, 2.24) is 0 Å². The van der Waals surface area contributed by atoms with E-state index >= 15 is 0 Å². The molecular formula is C12H9BrFN3O2. The van der Waals surface area contributed by atoms with Gasteiger partial charge in [-0.2, -0.15) is 0 Å². The Kier molecular flexibility index (Phi) is 3.66. The number of rotatable bonds is 3. The van der Waals surface area contributed by atoms with Gasteiger partial charge in [0.15, 0.2) is 0 Å². The summed E-state index contributed by atoms with van der Waals surface area (Å²) >= 11 is 3.06. The van der Waals surface area contributed by atoms with E-state index in [9.17, 15) is 14.5 Å². The number of hydrogen-bond donors (Lipinski definition) is 2. The molecule has 0 fully saturated rings. The summed E-state index contributed by atoms with van der Waals surface area (Å²) in [6.07, 6.45) is 0. The van der Waals surface area contributed by atoms with Crippen LogP contribution in [0.25, 0.3) is 0 Å². The Balaban J connectivity index is 2.32. The van der Waals surface area contributed by atoms with E-state index in [-0.39, 0.29) is 17.2 Å². The molecule has 0 aliphatic rings. The van der Waals surface area contributed by atoms with Crippen LogP contribution in [0.2, 0.25) is 0 Å². The molecule has 0 bridgehead atoms. The van der Waals surface area contributed by atoms with Crippen molar-refractivity contribution in [1.29, 1.82) is 0 Å². The van der Waals surface area contributed by atoms with E-state index in [1.54, 1.807) is 6.07 Å². The number of hydrogen-bond acceptors (Lipinski definition) is 4. The molecule has 3 N–H and O–H groups in total. The van der Waals surface area contributed by atoms with Gasteiger partial charge in [0.2, 0.25) is 0 Å². The molecule has 2 rings (SSSR count). The van der Waals surface area contributed by atoms with Crippen molar-refractivity contribution in [3.05, 3.63) is 56.8 Å². The lowest BCUT2D eigenvalue weighted by Crippen LogP contribution is -1.96. The van der Waals surface area contributed by atoms with Gasteiger partial charge in [-0.3, -0.25) is 10.1 Å². The lowest BCUT2D eigenvalue weighted by molar-refractivity contribution is -0.384. The number of non-ortho nitro benzene ring substituents is 1. The zero-order valence-electron chi connectivity index (χ0n) is 9.56. The van der Waals surface area contributed by atoms with Crippen molar-refractivity contribution in [3.63, 3.8) is 0 Å². The first-order valence-electron chi connectivity index (χ1n) is 5.23. The Labute approximate surface area is 116 Å². The zero-order chi connectivity index (χ0) is 14.0. The van der Waals surface area contributed by atoms with Crippen LogP contribution in [0, 0.1) is 15.9 Å². The summed E-state index contributed by atoms with van der Waals surface area (Å²) in [7, 11) is 0. The van der Waals surface area contributed by atoms with Crippen molar-refractivity contribution in [2.24, 2.45) is 0 Å². The van der Waals surface area contributed by atoms with E-state index < -0.39 is 4.92 Å². The van der Waals surface area contributed by atoms with Crippen LogP contribution < -0.4 is 11.1 Å². The number of nitro benzene ring substituents is 1. The van der Waals surface area contributed by atoms with Gasteiger partial charge in [-0.05, 0) is 40.2 Å². The lowest BCUT2D eigenvalue weighted by atomic mass is 10.2. The lowest BCUT2D eigenvalue weighted by Gasteiger charge is -2.08. The molecule has 0 saturated carbocycles. The summed E-state index contributed by atoms with van der Waals surface area (Å²) in [6.45, 7) is 0. The molecule has 0 radical (unpaired) electrons. The number of halogens is 2. The highest BCUT2D eigenvalue weighted by Crippen LogP contribution is 2.27. The number of nitro groups is 1. The molecule has 0 amide bonds. The summed E-state index contributed by atoms with van der Waals surface area (Å²) in [6, 6.07) is 8.52. The summed E-state index contributed by atoms with van der Waals surface area (Å²) in [5.74, 6) is -0.385.